The molecule has 0 aliphatic carbocycles. The van der Waals surface area contributed by atoms with Gasteiger partial charge in [-0.2, -0.15) is 0 Å². The molecule has 18 heavy (non-hydrogen) atoms. The van der Waals surface area contributed by atoms with E-state index in [1.807, 2.05) is 6.92 Å². The van der Waals surface area contributed by atoms with Gasteiger partial charge in [-0.15, -0.1) is 11.3 Å². The van der Waals surface area contributed by atoms with E-state index in [1.54, 1.807) is 0 Å². The Morgan fingerprint density at radius 3 is 3.11 bits per heavy atom. The molecule has 0 aliphatic heterocycles. The largest absolute Gasteiger partial charge is 0.476 e. The smallest absolute Gasteiger partial charge is 0.360 e. The fourth-order valence-electron chi connectivity index (χ4n) is 1.01. The first-order valence-corrected chi connectivity index (χ1v) is 6.16. The lowest BCUT2D eigenvalue weighted by molar-refractivity contribution is -0.129. The van der Waals surface area contributed by atoms with E-state index in [4.69, 9.17) is 9.94 Å². The summed E-state index contributed by atoms with van der Waals surface area (Å²) in [6.07, 6.45) is 2.20. The summed E-state index contributed by atoms with van der Waals surface area (Å²) < 4.78 is 0. The summed E-state index contributed by atoms with van der Waals surface area (Å²) in [5, 5.41) is 16.7. The minimum atomic E-state index is -1.23. The van der Waals surface area contributed by atoms with Crippen LogP contribution in [0.1, 0.15) is 25.5 Å². The van der Waals surface area contributed by atoms with Gasteiger partial charge in [-0.3, -0.25) is 4.79 Å². The Balaban J connectivity index is 2.76. The molecule has 0 saturated carbocycles. The Labute approximate surface area is 107 Å². The number of carboxylic acid groups (broad SMARTS) is 1. The summed E-state index contributed by atoms with van der Waals surface area (Å²) >= 11 is 1.11. The van der Waals surface area contributed by atoms with Gasteiger partial charge in [0.05, 0.1) is 0 Å². The van der Waals surface area contributed by atoms with Gasteiger partial charge in [0.1, 0.15) is 12.3 Å². The monoisotopic (exact) mass is 271 g/mol. The van der Waals surface area contributed by atoms with Gasteiger partial charge in [0.15, 0.2) is 5.13 Å². The summed E-state index contributed by atoms with van der Waals surface area (Å²) in [6, 6.07) is 0. The second-order valence-corrected chi connectivity index (χ2v) is 4.09. The molecule has 0 spiro atoms. The highest BCUT2D eigenvalue weighted by Gasteiger charge is 2.17. The summed E-state index contributed by atoms with van der Waals surface area (Å²) in [4.78, 5) is 30.0. The van der Waals surface area contributed by atoms with Crippen LogP contribution in [-0.2, 0) is 14.4 Å². The first kappa shape index (κ1) is 14.1. The fraction of sp³-hybridized carbons (Fsp3) is 0.400. The van der Waals surface area contributed by atoms with Crippen LogP contribution in [0.2, 0.25) is 0 Å². The molecule has 0 radical (unpaired) electrons. The van der Waals surface area contributed by atoms with Gasteiger partial charge in [0, 0.05) is 5.38 Å². The van der Waals surface area contributed by atoms with Crippen LogP contribution in [0.5, 0.6) is 0 Å². The lowest BCUT2D eigenvalue weighted by Gasteiger charge is -1.99. The minimum absolute atomic E-state index is 0.161. The lowest BCUT2D eigenvalue weighted by Crippen LogP contribution is -2.15. The van der Waals surface area contributed by atoms with Crippen LogP contribution < -0.4 is 5.32 Å². The second-order valence-electron chi connectivity index (χ2n) is 3.23. The van der Waals surface area contributed by atoms with E-state index in [9.17, 15) is 9.59 Å². The van der Waals surface area contributed by atoms with Crippen LogP contribution in [0, 0.1) is 0 Å². The van der Waals surface area contributed by atoms with Crippen molar-refractivity contribution in [2.75, 3.05) is 11.9 Å². The number of aliphatic carboxylic acids is 1. The van der Waals surface area contributed by atoms with Gasteiger partial charge in [-0.05, 0) is 6.42 Å². The van der Waals surface area contributed by atoms with E-state index < -0.39 is 5.97 Å². The first-order chi connectivity index (χ1) is 8.69. The number of hydrogen-bond acceptors (Lipinski definition) is 6. The third-order valence-corrected chi connectivity index (χ3v) is 2.65. The maximum atomic E-state index is 11.0. The Hall–Kier alpha value is -1.96. The number of hydrogen-bond donors (Lipinski definition) is 2. The Morgan fingerprint density at radius 1 is 1.72 bits per heavy atom. The zero-order chi connectivity index (χ0) is 13.4. The lowest BCUT2D eigenvalue weighted by atomic mass is 10.3. The van der Waals surface area contributed by atoms with E-state index in [-0.39, 0.29) is 11.4 Å². The molecular formula is C10H13N3O4S. The van der Waals surface area contributed by atoms with Crippen LogP contribution in [0.3, 0.4) is 0 Å². The Bertz CT molecular complexity index is 444. The molecule has 0 unspecified atom stereocenters. The summed E-state index contributed by atoms with van der Waals surface area (Å²) in [5.41, 5.74) is -0.116. The number of nitrogens with zero attached hydrogens (tertiary/aromatic N) is 2. The Morgan fingerprint density at radius 2 is 2.50 bits per heavy atom. The molecule has 1 heterocycles. The van der Waals surface area contributed by atoms with Crippen LogP contribution >= 0.6 is 11.3 Å². The third kappa shape index (κ3) is 4.13. The van der Waals surface area contributed by atoms with E-state index >= 15 is 0 Å². The van der Waals surface area contributed by atoms with Gasteiger partial charge in [0.25, 0.3) is 0 Å². The van der Waals surface area contributed by atoms with E-state index in [0.29, 0.717) is 18.1 Å². The van der Waals surface area contributed by atoms with Crippen molar-refractivity contribution in [1.82, 2.24) is 4.98 Å². The summed E-state index contributed by atoms with van der Waals surface area (Å²) in [5.74, 6) is -1.23. The molecule has 1 aromatic heterocycles. The van der Waals surface area contributed by atoms with Crippen LogP contribution in [0.15, 0.2) is 10.5 Å². The van der Waals surface area contributed by atoms with Crippen molar-refractivity contribution in [2.45, 2.75) is 19.8 Å². The topological polar surface area (TPSA) is 101 Å². The quantitative estimate of drug-likeness (QED) is 0.321. The summed E-state index contributed by atoms with van der Waals surface area (Å²) in [6.45, 7) is 2.35. The molecule has 0 aromatic carbocycles. The highest BCUT2D eigenvalue weighted by atomic mass is 32.1. The average Bonchev–Trinajstić information content (AvgIpc) is 2.77. The number of unbranched alkanes of at least 4 members (excludes halogenated alkanes) is 1. The van der Waals surface area contributed by atoms with Crippen molar-refractivity contribution in [2.24, 2.45) is 5.16 Å². The number of carbonyl (C=O) groups excluding carboxylic acids is 1. The molecule has 2 N–H and O–H groups in total. The number of rotatable bonds is 8. The van der Waals surface area contributed by atoms with Crippen LogP contribution in [0.25, 0.3) is 0 Å². The van der Waals surface area contributed by atoms with Crippen molar-refractivity contribution in [3.63, 3.8) is 0 Å². The van der Waals surface area contributed by atoms with Crippen LogP contribution in [0.4, 0.5) is 5.13 Å². The molecule has 0 saturated heterocycles. The number of amides is 1. The van der Waals surface area contributed by atoms with E-state index in [0.717, 1.165) is 24.2 Å². The van der Waals surface area contributed by atoms with Crippen molar-refractivity contribution in [3.05, 3.63) is 11.1 Å². The molecule has 1 amide bonds. The zero-order valence-electron chi connectivity index (χ0n) is 9.75. The highest BCUT2D eigenvalue weighted by molar-refractivity contribution is 7.14. The van der Waals surface area contributed by atoms with Gasteiger partial charge in [-0.25, -0.2) is 9.78 Å². The number of carbonyl (C=O) groups is 2. The fourth-order valence-corrected chi connectivity index (χ4v) is 1.67. The normalized spacial score (nSPS) is 11.1. The van der Waals surface area contributed by atoms with Crippen molar-refractivity contribution in [3.8, 4) is 0 Å². The molecule has 0 atom stereocenters. The molecule has 1 rings (SSSR count). The molecule has 98 valence electrons. The van der Waals surface area contributed by atoms with E-state index in [1.165, 1.54) is 5.38 Å². The first-order valence-electron chi connectivity index (χ1n) is 5.28. The molecule has 1 aromatic rings. The number of oxime groups is 1. The van der Waals surface area contributed by atoms with Crippen molar-refractivity contribution >= 4 is 34.6 Å². The van der Waals surface area contributed by atoms with Gasteiger partial charge >= 0.3 is 5.97 Å². The highest BCUT2D eigenvalue weighted by Crippen LogP contribution is 2.15. The Kier molecular flexibility index (Phi) is 5.78. The molecule has 7 nitrogen and oxygen atoms in total. The molecule has 8 heteroatoms. The van der Waals surface area contributed by atoms with Gasteiger partial charge < -0.3 is 15.3 Å². The average molecular weight is 271 g/mol. The number of carboxylic acids is 1. The van der Waals surface area contributed by atoms with Gasteiger partial charge in [0.2, 0.25) is 12.1 Å². The molecular weight excluding hydrogens is 258 g/mol. The molecule has 0 aliphatic rings. The summed E-state index contributed by atoms with van der Waals surface area (Å²) in [7, 11) is 0. The maximum Gasteiger partial charge on any atom is 0.360 e. The molecule has 0 fully saturated rings. The minimum Gasteiger partial charge on any atom is -0.476 e. The number of aromatic nitrogens is 1. The van der Waals surface area contributed by atoms with Gasteiger partial charge in [-0.1, -0.05) is 18.5 Å². The van der Waals surface area contributed by atoms with E-state index in [2.05, 4.69) is 15.5 Å². The SMILES string of the molecule is CCCCON=C(C(=O)O)c1csc(NC=O)n1. The number of thiazole rings is 1. The maximum absolute atomic E-state index is 11.0. The molecule has 0 bridgehead atoms. The third-order valence-electron chi connectivity index (χ3n) is 1.88. The standard InChI is InChI=1S/C10H13N3O4S/c1-2-3-4-17-13-8(9(15)16)7-5-18-10(12-7)11-6-14/h5-6H,2-4H2,1H3,(H,15,16)(H,11,12,14). The van der Waals surface area contributed by atoms with Crippen molar-refractivity contribution < 1.29 is 19.5 Å². The number of nitrogens with one attached hydrogen (secondary N) is 1. The predicted octanol–water partition coefficient (Wildman–Crippen LogP) is 1.32. The van der Waals surface area contributed by atoms with Crippen molar-refractivity contribution in [1.29, 1.82) is 0 Å². The predicted molar refractivity (Wildman–Crippen MR) is 66.8 cm³/mol. The zero-order valence-corrected chi connectivity index (χ0v) is 10.6. The van der Waals surface area contributed by atoms with Crippen LogP contribution in [-0.4, -0.2) is 34.8 Å². The second kappa shape index (κ2) is 7.38. The number of anilines is 1.